The number of amides is 1. The third kappa shape index (κ3) is 5.12. The topological polar surface area (TPSA) is 93.1 Å². The summed E-state index contributed by atoms with van der Waals surface area (Å²) in [6.45, 7) is 4.07. The molecule has 3 aromatic rings. The molecule has 3 aromatic carbocycles. The lowest BCUT2D eigenvalue weighted by molar-refractivity contribution is -0.132. The first-order chi connectivity index (χ1) is 18.2. The number of carbonyl (C=O) groups is 3. The van der Waals surface area contributed by atoms with E-state index in [9.17, 15) is 19.5 Å². The highest BCUT2D eigenvalue weighted by Gasteiger charge is 2.47. The standard InChI is InChI=1S/C29H25Cl2NO6/c1-4-12-38-29(36)17-8-10-20(11-9-17)32-24(18-7-5-6-16(2)13-18)23(26(34)28(32)35)25(33)21-14-19(30)15-22(31)27(21)37-3/h5-11,13-15,24,33H,4,12H2,1-3H3/b25-23+. The maximum Gasteiger partial charge on any atom is 0.338 e. The molecule has 0 aromatic heterocycles. The highest BCUT2D eigenvalue weighted by atomic mass is 35.5. The van der Waals surface area contributed by atoms with Crippen LogP contribution in [0.2, 0.25) is 10.0 Å². The molecule has 0 spiro atoms. The number of aliphatic hydroxyl groups excluding tert-OH is 1. The number of anilines is 1. The number of ketones is 1. The predicted molar refractivity (Wildman–Crippen MR) is 146 cm³/mol. The number of hydrogen-bond donors (Lipinski definition) is 1. The summed E-state index contributed by atoms with van der Waals surface area (Å²) in [4.78, 5) is 40.4. The minimum atomic E-state index is -0.977. The van der Waals surface area contributed by atoms with E-state index in [1.807, 2.05) is 26.0 Å². The van der Waals surface area contributed by atoms with Crippen LogP contribution >= 0.6 is 23.2 Å². The SMILES string of the molecule is CCCOC(=O)c1ccc(N2C(=O)C(=O)/C(=C(/O)c3cc(Cl)cc(Cl)c3OC)C2c2cccc(C)c2)cc1. The fourth-order valence-corrected chi connectivity index (χ4v) is 4.95. The van der Waals surface area contributed by atoms with E-state index in [0.717, 1.165) is 5.56 Å². The first-order valence-electron chi connectivity index (χ1n) is 11.9. The predicted octanol–water partition coefficient (Wildman–Crippen LogP) is 6.50. The van der Waals surface area contributed by atoms with Crippen molar-refractivity contribution in [1.29, 1.82) is 0 Å². The Morgan fingerprint density at radius 2 is 1.76 bits per heavy atom. The molecule has 4 rings (SSSR count). The summed E-state index contributed by atoms with van der Waals surface area (Å²) in [7, 11) is 1.37. The lowest BCUT2D eigenvalue weighted by Crippen LogP contribution is -2.29. The highest BCUT2D eigenvalue weighted by molar-refractivity contribution is 6.52. The van der Waals surface area contributed by atoms with Crippen LogP contribution in [0.5, 0.6) is 5.75 Å². The fraction of sp³-hybridized carbons (Fsp3) is 0.207. The molecule has 38 heavy (non-hydrogen) atoms. The van der Waals surface area contributed by atoms with Gasteiger partial charge in [0.05, 0.1) is 41.5 Å². The molecule has 0 bridgehead atoms. The van der Waals surface area contributed by atoms with E-state index in [1.165, 1.54) is 36.3 Å². The van der Waals surface area contributed by atoms with Crippen molar-refractivity contribution >= 4 is 52.3 Å². The van der Waals surface area contributed by atoms with E-state index in [4.69, 9.17) is 32.7 Å². The smallest absolute Gasteiger partial charge is 0.338 e. The second-order valence-electron chi connectivity index (χ2n) is 8.73. The number of aryl methyl sites for hydroxylation is 1. The Labute approximate surface area is 230 Å². The van der Waals surface area contributed by atoms with Crippen molar-refractivity contribution in [2.75, 3.05) is 18.6 Å². The fourth-order valence-electron chi connectivity index (χ4n) is 4.38. The molecule has 7 nitrogen and oxygen atoms in total. The highest BCUT2D eigenvalue weighted by Crippen LogP contribution is 2.45. The van der Waals surface area contributed by atoms with Crippen molar-refractivity contribution in [1.82, 2.24) is 0 Å². The molecule has 1 unspecified atom stereocenters. The summed E-state index contributed by atoms with van der Waals surface area (Å²) >= 11 is 12.5. The van der Waals surface area contributed by atoms with E-state index >= 15 is 0 Å². The summed E-state index contributed by atoms with van der Waals surface area (Å²) in [5, 5.41) is 11.8. The van der Waals surface area contributed by atoms with Gasteiger partial charge in [0.1, 0.15) is 11.5 Å². The quantitative estimate of drug-likeness (QED) is 0.155. The molecular weight excluding hydrogens is 529 g/mol. The Morgan fingerprint density at radius 3 is 2.39 bits per heavy atom. The molecule has 0 aliphatic carbocycles. The van der Waals surface area contributed by atoms with Crippen LogP contribution in [0.3, 0.4) is 0 Å². The lowest BCUT2D eigenvalue weighted by atomic mass is 9.94. The zero-order chi connectivity index (χ0) is 27.6. The Bertz CT molecular complexity index is 1450. The zero-order valence-corrected chi connectivity index (χ0v) is 22.5. The number of rotatable bonds is 7. The third-order valence-corrected chi connectivity index (χ3v) is 6.59. The lowest BCUT2D eigenvalue weighted by Gasteiger charge is -2.26. The largest absolute Gasteiger partial charge is 0.507 e. The van der Waals surface area contributed by atoms with E-state index < -0.39 is 29.5 Å². The van der Waals surface area contributed by atoms with Gasteiger partial charge in [-0.3, -0.25) is 14.5 Å². The van der Waals surface area contributed by atoms with Crippen LogP contribution in [0.1, 0.15) is 46.4 Å². The number of methoxy groups -OCH3 is 1. The third-order valence-electron chi connectivity index (χ3n) is 6.09. The summed E-state index contributed by atoms with van der Waals surface area (Å²) in [5.74, 6) is -2.58. The van der Waals surface area contributed by atoms with Crippen LogP contribution in [-0.4, -0.2) is 36.5 Å². The van der Waals surface area contributed by atoms with E-state index in [-0.39, 0.29) is 26.9 Å². The van der Waals surface area contributed by atoms with Crippen LogP contribution in [0.4, 0.5) is 5.69 Å². The molecule has 1 N–H and O–H groups in total. The first kappa shape index (κ1) is 27.2. The van der Waals surface area contributed by atoms with Gasteiger partial charge in [-0.2, -0.15) is 0 Å². The average molecular weight is 554 g/mol. The van der Waals surface area contributed by atoms with E-state index in [1.54, 1.807) is 24.3 Å². The van der Waals surface area contributed by atoms with Crippen LogP contribution in [0.15, 0.2) is 66.2 Å². The Kier molecular flexibility index (Phi) is 8.09. The molecule has 1 amide bonds. The minimum Gasteiger partial charge on any atom is -0.507 e. The van der Waals surface area contributed by atoms with Crippen molar-refractivity contribution in [3.05, 3.63) is 98.5 Å². The summed E-state index contributed by atoms with van der Waals surface area (Å²) in [6.07, 6.45) is 0.688. The molecule has 1 heterocycles. The molecule has 1 aliphatic rings. The van der Waals surface area contributed by atoms with Gasteiger partial charge in [-0.25, -0.2) is 4.79 Å². The second kappa shape index (κ2) is 11.3. The minimum absolute atomic E-state index is 0.0784. The van der Waals surface area contributed by atoms with Gasteiger partial charge in [-0.05, 0) is 55.3 Å². The molecular formula is C29H25Cl2NO6. The van der Waals surface area contributed by atoms with Crippen LogP contribution < -0.4 is 9.64 Å². The number of aliphatic hydroxyl groups is 1. The number of benzene rings is 3. The van der Waals surface area contributed by atoms with Gasteiger partial charge in [-0.1, -0.05) is 60.0 Å². The van der Waals surface area contributed by atoms with Crippen molar-refractivity contribution in [2.24, 2.45) is 0 Å². The number of Topliss-reactive ketones (excluding diaryl/α,β-unsaturated/α-hetero) is 1. The number of nitrogens with zero attached hydrogens (tertiary/aromatic N) is 1. The van der Waals surface area contributed by atoms with Crippen LogP contribution in [0, 0.1) is 6.92 Å². The first-order valence-corrected chi connectivity index (χ1v) is 12.6. The van der Waals surface area contributed by atoms with Gasteiger partial charge in [0.2, 0.25) is 0 Å². The maximum absolute atomic E-state index is 13.4. The van der Waals surface area contributed by atoms with Crippen molar-refractivity contribution in [3.8, 4) is 5.75 Å². The summed E-state index contributed by atoms with van der Waals surface area (Å²) in [5.41, 5.74) is 2.10. The van der Waals surface area contributed by atoms with E-state index in [2.05, 4.69) is 0 Å². The van der Waals surface area contributed by atoms with Gasteiger partial charge >= 0.3 is 5.97 Å². The normalized spacial score (nSPS) is 16.6. The van der Waals surface area contributed by atoms with E-state index in [0.29, 0.717) is 29.8 Å². The van der Waals surface area contributed by atoms with Crippen molar-refractivity contribution < 1.29 is 29.0 Å². The van der Waals surface area contributed by atoms with Gasteiger partial charge in [0.25, 0.3) is 11.7 Å². The number of halogens is 2. The summed E-state index contributed by atoms with van der Waals surface area (Å²) in [6, 6.07) is 15.3. The Morgan fingerprint density at radius 1 is 1.05 bits per heavy atom. The van der Waals surface area contributed by atoms with Crippen LogP contribution in [0.25, 0.3) is 5.76 Å². The van der Waals surface area contributed by atoms with Crippen LogP contribution in [-0.2, 0) is 14.3 Å². The average Bonchev–Trinajstić information content (AvgIpc) is 3.16. The molecule has 1 atom stereocenters. The van der Waals surface area contributed by atoms with Gasteiger partial charge in [0, 0.05) is 10.7 Å². The number of carbonyl (C=O) groups excluding carboxylic acids is 3. The Balaban J connectivity index is 1.90. The zero-order valence-electron chi connectivity index (χ0n) is 21.0. The summed E-state index contributed by atoms with van der Waals surface area (Å²) < 4.78 is 10.5. The molecule has 196 valence electrons. The van der Waals surface area contributed by atoms with Gasteiger partial charge < -0.3 is 14.6 Å². The van der Waals surface area contributed by atoms with Crippen molar-refractivity contribution in [3.63, 3.8) is 0 Å². The molecule has 0 radical (unpaired) electrons. The van der Waals surface area contributed by atoms with Gasteiger partial charge in [-0.15, -0.1) is 0 Å². The molecule has 9 heteroatoms. The number of hydrogen-bond acceptors (Lipinski definition) is 6. The van der Waals surface area contributed by atoms with Gasteiger partial charge in [0.15, 0.2) is 0 Å². The van der Waals surface area contributed by atoms with Crippen molar-refractivity contribution in [2.45, 2.75) is 26.3 Å². The number of ether oxygens (including phenoxy) is 2. The molecule has 1 aliphatic heterocycles. The number of esters is 1. The second-order valence-corrected chi connectivity index (χ2v) is 9.58. The Hall–Kier alpha value is -3.81. The maximum atomic E-state index is 13.4. The molecule has 1 fully saturated rings. The molecule has 1 saturated heterocycles. The molecule has 0 saturated carbocycles. The monoisotopic (exact) mass is 553 g/mol.